The number of hydrogen-bond donors (Lipinski definition) is 0. The van der Waals surface area contributed by atoms with E-state index in [0.29, 0.717) is 38.0 Å². The maximum absolute atomic E-state index is 11.9. The van der Waals surface area contributed by atoms with Gasteiger partial charge in [0.2, 0.25) is 0 Å². The number of benzene rings is 1. The summed E-state index contributed by atoms with van der Waals surface area (Å²) in [5.41, 5.74) is 0.684. The fourth-order valence-corrected chi connectivity index (χ4v) is 3.47. The van der Waals surface area contributed by atoms with Crippen LogP contribution in [-0.2, 0) is 10.2 Å². The fraction of sp³-hybridized carbons (Fsp3) is 0.462. The highest BCUT2D eigenvalue weighted by Gasteiger charge is 2.32. The first-order valence-electron chi connectivity index (χ1n) is 6.31. The summed E-state index contributed by atoms with van der Waals surface area (Å²) in [7, 11) is -1.70. The van der Waals surface area contributed by atoms with Crippen LogP contribution >= 0.6 is 0 Å². The molecule has 0 atom stereocenters. The molecule has 19 heavy (non-hydrogen) atoms. The van der Waals surface area contributed by atoms with Gasteiger partial charge < -0.3 is 0 Å². The van der Waals surface area contributed by atoms with Crippen LogP contribution < -0.4 is 0 Å². The first-order valence-corrected chi connectivity index (χ1v) is 7.71. The second-order valence-electron chi connectivity index (χ2n) is 4.62. The van der Waals surface area contributed by atoms with Gasteiger partial charge in [0, 0.05) is 38.7 Å². The molecule has 5 nitrogen and oxygen atoms in total. The Morgan fingerprint density at radius 1 is 1.21 bits per heavy atom. The molecule has 0 spiro atoms. The van der Waals surface area contributed by atoms with Crippen LogP contribution in [-0.4, -0.2) is 49.5 Å². The third-order valence-electron chi connectivity index (χ3n) is 3.29. The lowest BCUT2D eigenvalue weighted by atomic mass is 10.1. The van der Waals surface area contributed by atoms with Crippen molar-refractivity contribution in [1.82, 2.24) is 8.61 Å². The maximum Gasteiger partial charge on any atom is 0.281 e. The zero-order valence-electron chi connectivity index (χ0n) is 10.9. The van der Waals surface area contributed by atoms with Crippen LogP contribution in [0.2, 0.25) is 0 Å². The monoisotopic (exact) mass is 282 g/mol. The largest absolute Gasteiger partial charge is 0.294 e. The van der Waals surface area contributed by atoms with Crippen LogP contribution in [0.5, 0.6) is 0 Å². The summed E-state index contributed by atoms with van der Waals surface area (Å²) in [6, 6.07) is 9.08. The molecule has 0 radical (unpaired) electrons. The molecule has 1 fully saturated rings. The van der Waals surface area contributed by atoms with Gasteiger partial charge in [-0.15, -0.1) is 0 Å². The van der Waals surface area contributed by atoms with Crippen molar-refractivity contribution in [2.45, 2.75) is 12.8 Å². The van der Waals surface area contributed by atoms with Gasteiger partial charge in [-0.2, -0.15) is 17.0 Å². The van der Waals surface area contributed by atoms with Gasteiger partial charge in [-0.05, 0) is 6.42 Å². The Morgan fingerprint density at radius 2 is 1.89 bits per heavy atom. The molecule has 0 N–H and O–H groups in total. The molecule has 0 unspecified atom stereocenters. The Labute approximate surface area is 114 Å². The molecule has 2 rings (SSSR count). The van der Waals surface area contributed by atoms with Crippen molar-refractivity contribution in [1.29, 1.82) is 0 Å². The molecule has 1 aromatic carbocycles. The molecular formula is C13H18N2O3S. The summed E-state index contributed by atoms with van der Waals surface area (Å²) in [4.78, 5) is 11.9. The average Bonchev–Trinajstić information content (AvgIpc) is 2.66. The number of nitrogens with zero attached hydrogens (tertiary/aromatic N) is 2. The first kappa shape index (κ1) is 14.2. The second-order valence-corrected chi connectivity index (χ2v) is 6.66. The summed E-state index contributed by atoms with van der Waals surface area (Å²) in [6.45, 7) is 1.44. The van der Waals surface area contributed by atoms with Gasteiger partial charge in [0.25, 0.3) is 10.2 Å². The molecule has 1 aromatic rings. The van der Waals surface area contributed by atoms with Crippen molar-refractivity contribution >= 4 is 16.0 Å². The van der Waals surface area contributed by atoms with Crippen LogP contribution in [0, 0.1) is 0 Å². The van der Waals surface area contributed by atoms with Crippen LogP contribution in [0.3, 0.4) is 0 Å². The number of hydrogen-bond acceptors (Lipinski definition) is 3. The van der Waals surface area contributed by atoms with Crippen molar-refractivity contribution in [3.8, 4) is 0 Å². The number of likely N-dealkylation sites (N-methyl/N-ethyl adjacent to an activating group) is 1. The minimum absolute atomic E-state index is 0.0607. The van der Waals surface area contributed by atoms with Gasteiger partial charge in [0.15, 0.2) is 5.78 Å². The fourth-order valence-electron chi connectivity index (χ4n) is 2.09. The third-order valence-corrected chi connectivity index (χ3v) is 5.28. The highest BCUT2D eigenvalue weighted by atomic mass is 32.2. The molecular weight excluding hydrogens is 264 g/mol. The Hall–Kier alpha value is -1.24. The van der Waals surface area contributed by atoms with Crippen molar-refractivity contribution in [3.63, 3.8) is 0 Å². The number of carbonyl (C=O) groups is 1. The van der Waals surface area contributed by atoms with Gasteiger partial charge in [-0.25, -0.2) is 0 Å². The molecule has 0 amide bonds. The van der Waals surface area contributed by atoms with E-state index >= 15 is 0 Å². The quantitative estimate of drug-likeness (QED) is 0.761. The lowest BCUT2D eigenvalue weighted by Gasteiger charge is -2.15. The normalized spacial score (nSPS) is 19.6. The summed E-state index contributed by atoms with van der Waals surface area (Å²) >= 11 is 0. The van der Waals surface area contributed by atoms with E-state index in [-0.39, 0.29) is 5.78 Å². The van der Waals surface area contributed by atoms with E-state index in [1.807, 2.05) is 18.2 Å². The molecule has 0 aromatic heterocycles. The van der Waals surface area contributed by atoms with E-state index in [0.717, 1.165) is 0 Å². The van der Waals surface area contributed by atoms with Gasteiger partial charge in [0.05, 0.1) is 0 Å². The second kappa shape index (κ2) is 5.81. The van der Waals surface area contributed by atoms with E-state index in [1.165, 1.54) is 8.61 Å². The Balaban J connectivity index is 1.83. The maximum atomic E-state index is 11.9. The van der Waals surface area contributed by atoms with Crippen LogP contribution in [0.25, 0.3) is 0 Å². The lowest BCUT2D eigenvalue weighted by Crippen LogP contribution is -2.31. The van der Waals surface area contributed by atoms with E-state index in [4.69, 9.17) is 0 Å². The van der Waals surface area contributed by atoms with Crippen molar-refractivity contribution < 1.29 is 13.2 Å². The zero-order chi connectivity index (χ0) is 13.9. The molecule has 1 saturated heterocycles. The standard InChI is InChI=1S/C13H18N2O3S/c1-14-10-11-15(19(14,17)18)9-5-8-13(16)12-6-3-2-4-7-12/h2-4,6-7H,5,8-11H2,1H3. The lowest BCUT2D eigenvalue weighted by molar-refractivity contribution is 0.0978. The Kier molecular flexibility index (Phi) is 4.34. The van der Waals surface area contributed by atoms with Gasteiger partial charge in [-0.3, -0.25) is 4.79 Å². The minimum atomic E-state index is -3.27. The number of ketones is 1. The van der Waals surface area contributed by atoms with Gasteiger partial charge in [0.1, 0.15) is 0 Å². The predicted octanol–water partition coefficient (Wildman–Crippen LogP) is 1.14. The summed E-state index contributed by atoms with van der Waals surface area (Å²) in [6.07, 6.45) is 0.931. The van der Waals surface area contributed by atoms with E-state index in [2.05, 4.69) is 0 Å². The average molecular weight is 282 g/mol. The molecule has 0 bridgehead atoms. The van der Waals surface area contributed by atoms with Crippen molar-refractivity contribution in [2.24, 2.45) is 0 Å². The van der Waals surface area contributed by atoms with Crippen molar-refractivity contribution in [2.75, 3.05) is 26.7 Å². The van der Waals surface area contributed by atoms with Gasteiger partial charge >= 0.3 is 0 Å². The number of rotatable bonds is 5. The number of carbonyl (C=O) groups excluding carboxylic acids is 1. The SMILES string of the molecule is CN1CCN(CCCC(=O)c2ccccc2)S1(=O)=O. The molecule has 0 aliphatic carbocycles. The van der Waals surface area contributed by atoms with E-state index in [1.54, 1.807) is 19.2 Å². The Morgan fingerprint density at radius 3 is 2.47 bits per heavy atom. The van der Waals surface area contributed by atoms with Crippen LogP contribution in [0.1, 0.15) is 23.2 Å². The first-order chi connectivity index (χ1) is 9.01. The Bertz CT molecular complexity index is 542. The summed E-state index contributed by atoms with van der Waals surface area (Å²) < 4.78 is 26.4. The zero-order valence-corrected chi connectivity index (χ0v) is 11.8. The summed E-state index contributed by atoms with van der Waals surface area (Å²) in [5, 5.41) is 0. The molecule has 104 valence electrons. The predicted molar refractivity (Wildman–Crippen MR) is 73.1 cm³/mol. The van der Waals surface area contributed by atoms with Crippen LogP contribution in [0.4, 0.5) is 0 Å². The third kappa shape index (κ3) is 3.20. The highest BCUT2D eigenvalue weighted by Crippen LogP contribution is 2.15. The molecule has 1 aliphatic heterocycles. The molecule has 6 heteroatoms. The highest BCUT2D eigenvalue weighted by molar-refractivity contribution is 7.87. The summed E-state index contributed by atoms with van der Waals surface area (Å²) in [5.74, 6) is 0.0607. The smallest absolute Gasteiger partial charge is 0.281 e. The molecule has 1 heterocycles. The topological polar surface area (TPSA) is 57.7 Å². The van der Waals surface area contributed by atoms with E-state index in [9.17, 15) is 13.2 Å². The van der Waals surface area contributed by atoms with Crippen LogP contribution in [0.15, 0.2) is 30.3 Å². The number of Topliss-reactive ketones (excluding diaryl/α,β-unsaturated/α-hetero) is 1. The molecule has 0 saturated carbocycles. The van der Waals surface area contributed by atoms with E-state index < -0.39 is 10.2 Å². The van der Waals surface area contributed by atoms with Crippen molar-refractivity contribution in [3.05, 3.63) is 35.9 Å². The minimum Gasteiger partial charge on any atom is -0.294 e. The van der Waals surface area contributed by atoms with Gasteiger partial charge in [-0.1, -0.05) is 30.3 Å². The molecule has 1 aliphatic rings.